The first kappa shape index (κ1) is 35.5. The Morgan fingerprint density at radius 3 is 2.44 bits per heavy atom. The molecule has 11 heteroatoms. The summed E-state index contributed by atoms with van der Waals surface area (Å²) in [5.41, 5.74) is -0.139. The molecule has 4 aliphatic heterocycles. The molecule has 4 heterocycles. The Bertz CT molecular complexity index is 1580. The Morgan fingerprint density at radius 1 is 1.00 bits per heavy atom. The van der Waals surface area contributed by atoms with Crippen molar-refractivity contribution < 1.29 is 38.5 Å². The highest BCUT2D eigenvalue weighted by atomic mass is 16.6. The van der Waals surface area contributed by atoms with Gasteiger partial charge in [-0.05, 0) is 24.0 Å². The second-order valence-corrected chi connectivity index (χ2v) is 13.5. The number of likely N-dealkylation sites (tertiary alicyclic amines) is 1. The predicted octanol–water partition coefficient (Wildman–Crippen LogP) is 3.66. The van der Waals surface area contributed by atoms with Crippen LogP contribution in [0.15, 0.2) is 85.0 Å². The summed E-state index contributed by atoms with van der Waals surface area (Å²) in [6, 6.07) is 15.5. The van der Waals surface area contributed by atoms with Crippen LogP contribution in [0.25, 0.3) is 0 Å². The van der Waals surface area contributed by atoms with Crippen molar-refractivity contribution in [2.24, 2.45) is 11.8 Å². The zero-order chi connectivity index (χ0) is 35.3. The second-order valence-electron chi connectivity index (χ2n) is 13.5. The molecule has 5 bridgehead atoms. The number of benzene rings is 2. The second kappa shape index (κ2) is 15.7. The lowest BCUT2D eigenvalue weighted by Crippen LogP contribution is -2.56. The fourth-order valence-electron chi connectivity index (χ4n) is 7.97. The number of esters is 1. The van der Waals surface area contributed by atoms with Crippen molar-refractivity contribution in [2.75, 3.05) is 33.4 Å². The maximum atomic E-state index is 14.9. The van der Waals surface area contributed by atoms with E-state index in [0.717, 1.165) is 19.3 Å². The molecule has 50 heavy (non-hydrogen) atoms. The number of allylic oxidation sites excluding steroid dienone is 1. The summed E-state index contributed by atoms with van der Waals surface area (Å²) < 4.78 is 18.4. The molecule has 0 radical (unpaired) electrons. The van der Waals surface area contributed by atoms with Gasteiger partial charge in [0.2, 0.25) is 17.7 Å². The molecule has 2 aromatic carbocycles. The number of carbonyl (C=O) groups is 4. The lowest BCUT2D eigenvalue weighted by atomic mass is 9.74. The number of amides is 3. The molecule has 0 saturated carbocycles. The fourth-order valence-corrected chi connectivity index (χ4v) is 7.97. The maximum Gasteiger partial charge on any atom is 0.313 e. The van der Waals surface area contributed by atoms with Gasteiger partial charge in [0.15, 0.2) is 0 Å². The number of hydrogen-bond acceptors (Lipinski definition) is 8. The Kier molecular flexibility index (Phi) is 11.2. The smallest absolute Gasteiger partial charge is 0.313 e. The van der Waals surface area contributed by atoms with Gasteiger partial charge in [-0.25, -0.2) is 0 Å². The Morgan fingerprint density at radius 2 is 1.74 bits per heavy atom. The molecule has 0 aromatic heterocycles. The third kappa shape index (κ3) is 6.74. The topological polar surface area (TPSA) is 135 Å². The van der Waals surface area contributed by atoms with Gasteiger partial charge in [-0.15, -0.1) is 0 Å². The highest BCUT2D eigenvalue weighted by Gasteiger charge is 2.74. The average molecular weight is 686 g/mol. The van der Waals surface area contributed by atoms with Crippen molar-refractivity contribution in [3.63, 3.8) is 0 Å². The van der Waals surface area contributed by atoms with Crippen molar-refractivity contribution in [2.45, 2.75) is 75.0 Å². The number of rotatable bonds is 10. The first-order valence-corrected chi connectivity index (χ1v) is 17.7. The summed E-state index contributed by atoms with van der Waals surface area (Å²) in [5, 5.41) is 13.8. The zero-order valence-corrected chi connectivity index (χ0v) is 28.7. The molecule has 4 aliphatic rings. The summed E-state index contributed by atoms with van der Waals surface area (Å²) in [4.78, 5) is 60.6. The van der Waals surface area contributed by atoms with Crippen LogP contribution in [-0.4, -0.2) is 95.8 Å². The first-order chi connectivity index (χ1) is 24.3. The van der Waals surface area contributed by atoms with Crippen molar-refractivity contribution in [3.05, 3.63) is 96.1 Å². The third-order valence-electron chi connectivity index (χ3n) is 10.3. The van der Waals surface area contributed by atoms with Crippen LogP contribution in [0.5, 0.6) is 0 Å². The van der Waals surface area contributed by atoms with Gasteiger partial charge >= 0.3 is 5.97 Å². The lowest BCUT2D eigenvalue weighted by Gasteiger charge is -2.39. The maximum absolute atomic E-state index is 14.9. The van der Waals surface area contributed by atoms with E-state index in [-0.39, 0.29) is 31.4 Å². The lowest BCUT2D eigenvalue weighted by molar-refractivity contribution is -0.163. The minimum atomic E-state index is -1.45. The molecule has 2 saturated heterocycles. The standard InChI is InChI=1S/C39H47N3O8/c1-3-4-13-22-41-23-14-7-12-19-31(44)40-28(25-48-2)34(27-17-10-6-11-18-27)49-38(47)32-30-20-21-39(50-30)33(32)36(45)42(35(39)37(41)46)29(24-43)26-15-8-5-9-16-26/h5-11,14-18,20-21,28-30,32-35,43H,3-4,12-13,19,22-25H2,1-2H3,(H,40,44)/b14-7-/t28-,29+,30+,32-,33-,34-,35+,39-/m0/s1. The van der Waals surface area contributed by atoms with E-state index in [2.05, 4.69) is 12.2 Å². The van der Waals surface area contributed by atoms with Gasteiger partial charge in [0.25, 0.3) is 0 Å². The highest BCUT2D eigenvalue weighted by molar-refractivity contribution is 5.99. The number of fused-ring (bicyclic) bond motifs is 2. The summed E-state index contributed by atoms with van der Waals surface area (Å²) in [6.07, 6.45) is 8.76. The minimum absolute atomic E-state index is 0.0670. The van der Waals surface area contributed by atoms with Crippen LogP contribution in [0.4, 0.5) is 0 Å². The number of ether oxygens (including phenoxy) is 3. The van der Waals surface area contributed by atoms with Crippen LogP contribution in [0.3, 0.4) is 0 Å². The molecule has 2 N–H and O–H groups in total. The van der Waals surface area contributed by atoms with Crippen molar-refractivity contribution in [3.8, 4) is 0 Å². The largest absolute Gasteiger partial charge is 0.455 e. The number of carbonyl (C=O) groups excluding carboxylic acids is 4. The van der Waals surface area contributed by atoms with Crippen molar-refractivity contribution in [1.82, 2.24) is 15.1 Å². The van der Waals surface area contributed by atoms with E-state index in [1.165, 1.54) is 12.0 Å². The highest BCUT2D eigenvalue weighted by Crippen LogP contribution is 2.57. The van der Waals surface area contributed by atoms with Gasteiger partial charge in [0.05, 0.1) is 37.3 Å². The van der Waals surface area contributed by atoms with Crippen LogP contribution in [-0.2, 0) is 33.4 Å². The first-order valence-electron chi connectivity index (χ1n) is 17.7. The van der Waals surface area contributed by atoms with E-state index in [4.69, 9.17) is 14.2 Å². The van der Waals surface area contributed by atoms with Gasteiger partial charge in [-0.2, -0.15) is 0 Å². The molecule has 8 atom stereocenters. The summed E-state index contributed by atoms with van der Waals surface area (Å²) in [7, 11) is 1.51. The molecule has 6 rings (SSSR count). The van der Waals surface area contributed by atoms with Gasteiger partial charge in [-0.1, -0.05) is 105 Å². The molecule has 3 amide bonds. The fraction of sp³-hybridized carbons (Fsp3) is 0.487. The molecule has 0 aliphatic carbocycles. The van der Waals surface area contributed by atoms with E-state index in [1.54, 1.807) is 17.1 Å². The molecular formula is C39H47N3O8. The number of nitrogens with zero attached hydrogens (tertiary/aromatic N) is 2. The number of nitrogens with one attached hydrogen (secondary N) is 1. The van der Waals surface area contributed by atoms with Gasteiger partial charge in [0.1, 0.15) is 23.7 Å². The van der Waals surface area contributed by atoms with E-state index in [9.17, 15) is 24.3 Å². The zero-order valence-electron chi connectivity index (χ0n) is 28.7. The van der Waals surface area contributed by atoms with Gasteiger partial charge in [0, 0.05) is 26.6 Å². The molecule has 266 valence electrons. The summed E-state index contributed by atoms with van der Waals surface area (Å²) >= 11 is 0. The summed E-state index contributed by atoms with van der Waals surface area (Å²) in [5.74, 6) is -3.84. The van der Waals surface area contributed by atoms with E-state index >= 15 is 0 Å². The monoisotopic (exact) mass is 685 g/mol. The SMILES string of the molecule is CCCCCN1C/C=C\CCC(=O)N[C@@H](COC)[C@H](c2ccccc2)OC(=O)[C@@H]2[C@H]3C(=O)N([C@H](CO)c4ccccc4)[C@H](C1=O)[C@]31C=C[C@H]2O1. The van der Waals surface area contributed by atoms with Crippen LogP contribution in [0.2, 0.25) is 0 Å². The number of unbranched alkanes of at least 4 members (excludes halogenated alkanes) is 2. The van der Waals surface area contributed by atoms with Crippen LogP contribution in [0, 0.1) is 11.8 Å². The van der Waals surface area contributed by atoms with Crippen LogP contribution < -0.4 is 5.32 Å². The number of hydrogen-bond donors (Lipinski definition) is 2. The van der Waals surface area contributed by atoms with Gasteiger partial charge < -0.3 is 34.4 Å². The molecule has 11 nitrogen and oxygen atoms in total. The van der Waals surface area contributed by atoms with Crippen molar-refractivity contribution in [1.29, 1.82) is 0 Å². The van der Waals surface area contributed by atoms with Crippen LogP contribution in [0.1, 0.15) is 62.3 Å². The average Bonchev–Trinajstić information content (AvgIpc) is 3.77. The Balaban J connectivity index is 1.46. The Hall–Kier alpha value is -4.32. The quantitative estimate of drug-likeness (QED) is 0.220. The molecule has 0 unspecified atom stereocenters. The van der Waals surface area contributed by atoms with Crippen LogP contribution >= 0.6 is 0 Å². The minimum Gasteiger partial charge on any atom is -0.455 e. The molecule has 2 fully saturated rings. The normalized spacial score (nSPS) is 31.0. The number of aliphatic hydroxyl groups excluding tert-OH is 1. The summed E-state index contributed by atoms with van der Waals surface area (Å²) in [6.45, 7) is 2.43. The molecule has 2 aromatic rings. The number of cyclic esters (lactones) is 1. The van der Waals surface area contributed by atoms with E-state index in [0.29, 0.717) is 24.1 Å². The van der Waals surface area contributed by atoms with Gasteiger partial charge in [-0.3, -0.25) is 19.2 Å². The van der Waals surface area contributed by atoms with E-state index in [1.807, 2.05) is 72.8 Å². The predicted molar refractivity (Wildman–Crippen MR) is 184 cm³/mol. The molecule has 1 spiro atoms. The van der Waals surface area contributed by atoms with E-state index < -0.39 is 66.3 Å². The third-order valence-corrected chi connectivity index (χ3v) is 10.3. The Labute approximate surface area is 293 Å². The molecular weight excluding hydrogens is 638 g/mol. The number of aliphatic hydroxyl groups is 1. The number of methoxy groups -OCH3 is 1. The van der Waals surface area contributed by atoms with Crippen molar-refractivity contribution >= 4 is 23.7 Å².